The highest BCUT2D eigenvalue weighted by atomic mass is 35.5. The zero-order valence-corrected chi connectivity index (χ0v) is 25.5. The van der Waals surface area contributed by atoms with E-state index in [0.29, 0.717) is 63.5 Å². The van der Waals surface area contributed by atoms with Crippen molar-refractivity contribution >= 4 is 34.9 Å². The number of halogens is 5. The molecule has 7 nitrogen and oxygen atoms in total. The number of nitrogens with one attached hydrogen (secondary N) is 1. The van der Waals surface area contributed by atoms with E-state index in [1.54, 1.807) is 42.5 Å². The van der Waals surface area contributed by atoms with Gasteiger partial charge in [-0.2, -0.15) is 13.2 Å². The van der Waals surface area contributed by atoms with E-state index in [-0.39, 0.29) is 24.2 Å². The second-order valence-corrected chi connectivity index (χ2v) is 12.7. The zero-order chi connectivity index (χ0) is 31.3. The Kier molecular flexibility index (Phi) is 8.00. The third kappa shape index (κ3) is 6.15. The average Bonchev–Trinajstić information content (AvgIpc) is 3.72. The first kappa shape index (κ1) is 30.1. The molecule has 2 unspecified atom stereocenters. The van der Waals surface area contributed by atoms with Crippen molar-refractivity contribution in [3.63, 3.8) is 0 Å². The van der Waals surface area contributed by atoms with Crippen LogP contribution in [0.2, 0.25) is 10.0 Å². The van der Waals surface area contributed by atoms with Gasteiger partial charge in [-0.1, -0.05) is 52.6 Å². The molecule has 1 saturated carbocycles. The van der Waals surface area contributed by atoms with Gasteiger partial charge in [0.25, 0.3) is 0 Å². The van der Waals surface area contributed by atoms with Crippen molar-refractivity contribution < 1.29 is 27.2 Å². The lowest BCUT2D eigenvalue weighted by atomic mass is 9.99. The Labute approximate surface area is 267 Å². The number of aromatic nitrogens is 2. The highest BCUT2D eigenvalue weighted by molar-refractivity contribution is 6.39. The van der Waals surface area contributed by atoms with Gasteiger partial charge in [-0.05, 0) is 74.4 Å². The SMILES string of the molecule is O=C(Nc1cccc(-c2ccc(C(F)(F)F)nc2)c1)N1C2CC[C@H]1CC(OCc1c(-c3c(Cl)cccc3Cl)noc1C1CC1)C2. The van der Waals surface area contributed by atoms with Crippen LogP contribution in [-0.4, -0.2) is 39.3 Å². The summed E-state index contributed by atoms with van der Waals surface area (Å²) in [6.07, 6.45) is 1.90. The summed E-state index contributed by atoms with van der Waals surface area (Å²) in [5.74, 6) is 1.15. The molecular weight excluding hydrogens is 628 g/mol. The van der Waals surface area contributed by atoms with Crippen LogP contribution in [0.25, 0.3) is 22.4 Å². The van der Waals surface area contributed by atoms with Crippen LogP contribution in [0.1, 0.15) is 61.5 Å². The van der Waals surface area contributed by atoms with Crippen LogP contribution in [0.5, 0.6) is 0 Å². The Morgan fingerprint density at radius 3 is 2.33 bits per heavy atom. The minimum atomic E-state index is -4.50. The summed E-state index contributed by atoms with van der Waals surface area (Å²) in [6.45, 7) is 0.314. The Hall–Kier alpha value is -3.60. The Morgan fingerprint density at radius 1 is 0.978 bits per heavy atom. The number of hydrogen-bond acceptors (Lipinski definition) is 5. The Morgan fingerprint density at radius 2 is 1.69 bits per heavy atom. The number of ether oxygens (including phenoxy) is 1. The number of hydrogen-bond donors (Lipinski definition) is 1. The smallest absolute Gasteiger partial charge is 0.373 e. The number of piperidine rings is 1. The van der Waals surface area contributed by atoms with Gasteiger partial charge < -0.3 is 19.5 Å². The molecule has 2 bridgehead atoms. The predicted molar refractivity (Wildman–Crippen MR) is 164 cm³/mol. The normalized spacial score (nSPS) is 21.3. The number of fused-ring (bicyclic) bond motifs is 2. The maximum Gasteiger partial charge on any atom is 0.433 e. The van der Waals surface area contributed by atoms with Gasteiger partial charge >= 0.3 is 12.2 Å². The third-order valence-electron chi connectivity index (χ3n) is 8.86. The summed E-state index contributed by atoms with van der Waals surface area (Å²) >= 11 is 13.0. The zero-order valence-electron chi connectivity index (χ0n) is 24.0. The molecule has 1 N–H and O–H groups in total. The first-order valence-corrected chi connectivity index (χ1v) is 15.7. The number of rotatable bonds is 7. The molecule has 234 valence electrons. The van der Waals surface area contributed by atoms with E-state index in [0.717, 1.165) is 43.1 Å². The molecule has 3 fully saturated rings. The average molecular weight is 658 g/mol. The maximum absolute atomic E-state index is 13.5. The molecule has 1 aliphatic carbocycles. The van der Waals surface area contributed by atoms with Crippen LogP contribution in [0, 0.1) is 0 Å². The maximum atomic E-state index is 13.5. The number of amides is 2. The van der Waals surface area contributed by atoms with Crippen LogP contribution in [0.3, 0.4) is 0 Å². The molecule has 2 amide bonds. The van der Waals surface area contributed by atoms with Gasteiger partial charge in [0.15, 0.2) is 0 Å². The third-order valence-corrected chi connectivity index (χ3v) is 9.49. The van der Waals surface area contributed by atoms with E-state index in [9.17, 15) is 18.0 Å². The molecule has 0 spiro atoms. The van der Waals surface area contributed by atoms with Crippen molar-refractivity contribution in [2.45, 2.75) is 75.4 Å². The summed E-state index contributed by atoms with van der Waals surface area (Å²) in [5, 5.41) is 8.34. The molecule has 2 aromatic carbocycles. The first-order chi connectivity index (χ1) is 21.7. The molecular formula is C33H29Cl2F3N4O3. The van der Waals surface area contributed by atoms with Crippen molar-refractivity contribution in [2.24, 2.45) is 0 Å². The molecule has 45 heavy (non-hydrogen) atoms. The molecule has 2 aromatic heterocycles. The molecule has 3 aliphatic rings. The minimum Gasteiger partial charge on any atom is -0.373 e. The molecule has 2 saturated heterocycles. The van der Waals surface area contributed by atoms with Crippen LogP contribution < -0.4 is 5.32 Å². The summed E-state index contributed by atoms with van der Waals surface area (Å²) < 4.78 is 51.0. The first-order valence-electron chi connectivity index (χ1n) is 14.9. The lowest BCUT2D eigenvalue weighted by Gasteiger charge is -2.38. The Balaban J connectivity index is 1.01. The number of alkyl halides is 3. The number of pyridine rings is 1. The fourth-order valence-electron chi connectivity index (χ4n) is 6.54. The van der Waals surface area contributed by atoms with Gasteiger partial charge in [0, 0.05) is 46.6 Å². The number of carbonyl (C=O) groups is 1. The standard InChI is InChI=1S/C33H29Cl2F3N4O3/c34-26-5-2-6-27(35)29(26)30-25(31(45-41-30)18-7-8-18)17-44-24-14-22-10-11-23(15-24)42(22)32(43)40-21-4-1-3-19(13-21)20-9-12-28(39-16-20)33(36,37)38/h1-6,9,12-13,16,18,22-24H,7-8,10-11,14-15,17H2,(H,40,43)/t22-,23?,24?/m0/s1. The van der Waals surface area contributed by atoms with E-state index in [4.69, 9.17) is 32.5 Å². The van der Waals surface area contributed by atoms with Crippen molar-refractivity contribution in [3.05, 3.63) is 87.9 Å². The summed E-state index contributed by atoms with van der Waals surface area (Å²) in [6, 6.07) is 14.5. The van der Waals surface area contributed by atoms with Gasteiger partial charge in [0.2, 0.25) is 0 Å². The van der Waals surface area contributed by atoms with Crippen molar-refractivity contribution in [2.75, 3.05) is 5.32 Å². The van der Waals surface area contributed by atoms with Crippen LogP contribution in [0.4, 0.5) is 23.7 Å². The largest absolute Gasteiger partial charge is 0.433 e. The quantitative estimate of drug-likeness (QED) is 0.214. The van der Waals surface area contributed by atoms with Gasteiger partial charge in [0.1, 0.15) is 17.1 Å². The highest BCUT2D eigenvalue weighted by Crippen LogP contribution is 2.46. The fourth-order valence-corrected chi connectivity index (χ4v) is 7.12. The van der Waals surface area contributed by atoms with Crippen molar-refractivity contribution in [3.8, 4) is 22.4 Å². The lowest BCUT2D eigenvalue weighted by molar-refractivity contribution is -0.141. The van der Waals surface area contributed by atoms with Gasteiger partial charge in [-0.15, -0.1) is 0 Å². The van der Waals surface area contributed by atoms with E-state index in [1.165, 1.54) is 12.3 Å². The minimum absolute atomic E-state index is 0.0268. The molecule has 2 aliphatic heterocycles. The molecule has 4 aromatic rings. The van der Waals surface area contributed by atoms with Crippen molar-refractivity contribution in [1.29, 1.82) is 0 Å². The second-order valence-electron chi connectivity index (χ2n) is 11.9. The Bertz CT molecular complexity index is 1690. The topological polar surface area (TPSA) is 80.5 Å². The summed E-state index contributed by atoms with van der Waals surface area (Å²) in [5.41, 5.74) is 2.91. The number of anilines is 1. The van der Waals surface area contributed by atoms with E-state index >= 15 is 0 Å². The van der Waals surface area contributed by atoms with E-state index < -0.39 is 11.9 Å². The number of carbonyl (C=O) groups excluding carboxylic acids is 1. The van der Waals surface area contributed by atoms with Crippen LogP contribution >= 0.6 is 23.2 Å². The number of urea groups is 1. The number of nitrogens with zero attached hydrogens (tertiary/aromatic N) is 3. The second kappa shape index (κ2) is 12.0. The molecule has 7 rings (SSSR count). The summed E-state index contributed by atoms with van der Waals surface area (Å²) in [4.78, 5) is 18.9. The van der Waals surface area contributed by atoms with Gasteiger partial charge in [0.05, 0.1) is 22.8 Å². The lowest BCUT2D eigenvalue weighted by Crippen LogP contribution is -2.50. The van der Waals surface area contributed by atoms with Crippen LogP contribution in [-0.2, 0) is 17.5 Å². The van der Waals surface area contributed by atoms with Crippen molar-refractivity contribution in [1.82, 2.24) is 15.0 Å². The van der Waals surface area contributed by atoms with Gasteiger partial charge in [-0.3, -0.25) is 4.98 Å². The van der Waals surface area contributed by atoms with E-state index in [1.807, 2.05) is 4.90 Å². The predicted octanol–water partition coefficient (Wildman–Crippen LogP) is 9.35. The monoisotopic (exact) mass is 656 g/mol. The molecule has 3 atom stereocenters. The molecule has 12 heteroatoms. The molecule has 0 radical (unpaired) electrons. The van der Waals surface area contributed by atoms with Gasteiger partial charge in [-0.25, -0.2) is 4.79 Å². The highest BCUT2D eigenvalue weighted by Gasteiger charge is 2.44. The van der Waals surface area contributed by atoms with Crippen LogP contribution in [0.15, 0.2) is 65.3 Å². The van der Waals surface area contributed by atoms with E-state index in [2.05, 4.69) is 15.5 Å². The fraction of sp³-hybridized carbons (Fsp3) is 0.364. The molecule has 4 heterocycles. The summed E-state index contributed by atoms with van der Waals surface area (Å²) in [7, 11) is 0. The number of benzene rings is 2.